The quantitative estimate of drug-likeness (QED) is 0.754. The maximum absolute atomic E-state index is 12.6. The lowest BCUT2D eigenvalue weighted by Gasteiger charge is -2.30. The van der Waals surface area contributed by atoms with Gasteiger partial charge in [0.05, 0.1) is 25.0 Å². The molecule has 21 heavy (non-hydrogen) atoms. The number of methoxy groups -OCH3 is 1. The van der Waals surface area contributed by atoms with Crippen molar-refractivity contribution in [2.45, 2.75) is 32.7 Å². The fourth-order valence-corrected chi connectivity index (χ4v) is 2.84. The van der Waals surface area contributed by atoms with Crippen LogP contribution in [0.2, 0.25) is 0 Å². The minimum absolute atomic E-state index is 0.0318. The molecule has 1 aromatic heterocycles. The number of carbonyl (C=O) groups excluding carboxylic acids is 2. The van der Waals surface area contributed by atoms with Gasteiger partial charge in [-0.05, 0) is 37.5 Å². The second-order valence-corrected chi connectivity index (χ2v) is 5.30. The largest absolute Gasteiger partial charge is 0.469 e. The molecular weight excluding hydrogens is 268 g/mol. The maximum Gasteiger partial charge on any atom is 0.309 e. The van der Waals surface area contributed by atoms with Gasteiger partial charge in [-0.25, -0.2) is 0 Å². The van der Waals surface area contributed by atoms with Crippen LogP contribution < -0.4 is 0 Å². The van der Waals surface area contributed by atoms with Gasteiger partial charge in [0.2, 0.25) is 5.91 Å². The molecule has 114 valence electrons. The summed E-state index contributed by atoms with van der Waals surface area (Å²) in [6, 6.07) is 3.91. The molecule has 0 saturated heterocycles. The second kappa shape index (κ2) is 6.70. The van der Waals surface area contributed by atoms with Gasteiger partial charge >= 0.3 is 5.97 Å². The monoisotopic (exact) mass is 290 g/mol. The van der Waals surface area contributed by atoms with Gasteiger partial charge in [0.1, 0.15) is 0 Å². The van der Waals surface area contributed by atoms with Gasteiger partial charge in [0, 0.05) is 18.9 Å². The number of nitrogens with zero attached hydrogens (tertiary/aromatic N) is 2. The van der Waals surface area contributed by atoms with Crippen LogP contribution in [0.5, 0.6) is 0 Å². The minimum atomic E-state index is -0.277. The minimum Gasteiger partial charge on any atom is -0.469 e. The average Bonchev–Trinajstić information content (AvgIpc) is 3.32. The maximum atomic E-state index is 12.6. The number of amides is 1. The van der Waals surface area contributed by atoms with Crippen LogP contribution in [0.3, 0.4) is 0 Å². The molecule has 1 aliphatic carbocycles. The first-order valence-corrected chi connectivity index (χ1v) is 7.42. The molecule has 0 N–H and O–H groups in total. The van der Waals surface area contributed by atoms with Crippen LogP contribution >= 0.6 is 0 Å². The van der Waals surface area contributed by atoms with E-state index in [1.165, 1.54) is 7.11 Å². The van der Waals surface area contributed by atoms with Crippen molar-refractivity contribution in [1.29, 1.82) is 0 Å². The topological polar surface area (TPSA) is 59.5 Å². The van der Waals surface area contributed by atoms with Gasteiger partial charge in [-0.15, -0.1) is 0 Å². The number of esters is 1. The van der Waals surface area contributed by atoms with Gasteiger partial charge in [0.15, 0.2) is 0 Å². The summed E-state index contributed by atoms with van der Waals surface area (Å²) in [6.07, 6.45) is 4.92. The predicted octanol–water partition coefficient (Wildman–Crippen LogP) is 2.19. The van der Waals surface area contributed by atoms with Crippen LogP contribution in [0.25, 0.3) is 0 Å². The highest BCUT2D eigenvalue weighted by Gasteiger charge is 2.50. The van der Waals surface area contributed by atoms with E-state index >= 15 is 0 Å². The second-order valence-electron chi connectivity index (χ2n) is 5.30. The zero-order valence-corrected chi connectivity index (χ0v) is 12.8. The third-order valence-electron chi connectivity index (χ3n) is 4.09. The van der Waals surface area contributed by atoms with E-state index in [2.05, 4.69) is 11.9 Å². The van der Waals surface area contributed by atoms with Crippen molar-refractivity contribution < 1.29 is 14.3 Å². The highest BCUT2D eigenvalue weighted by molar-refractivity contribution is 5.90. The summed E-state index contributed by atoms with van der Waals surface area (Å²) in [7, 11) is 1.37. The lowest BCUT2D eigenvalue weighted by molar-refractivity contribution is -0.145. The van der Waals surface area contributed by atoms with Crippen LogP contribution in [0.1, 0.15) is 38.3 Å². The summed E-state index contributed by atoms with van der Waals surface area (Å²) in [5.74, 6) is -0.697. The van der Waals surface area contributed by atoms with E-state index in [1.54, 1.807) is 12.4 Å². The van der Waals surface area contributed by atoms with E-state index < -0.39 is 0 Å². The van der Waals surface area contributed by atoms with E-state index in [4.69, 9.17) is 4.74 Å². The SMILES string of the molecule is CC[C@H](c1ccncc1)N(CC)C(=O)[C@H]1C[C@H]1C(=O)OC. The lowest BCUT2D eigenvalue weighted by atomic mass is 10.0. The lowest BCUT2D eigenvalue weighted by Crippen LogP contribution is -2.36. The molecule has 0 spiro atoms. The van der Waals surface area contributed by atoms with Crippen LogP contribution in [0.15, 0.2) is 24.5 Å². The molecule has 1 aliphatic rings. The molecule has 0 aromatic carbocycles. The van der Waals surface area contributed by atoms with Crippen molar-refractivity contribution in [1.82, 2.24) is 9.88 Å². The summed E-state index contributed by atoms with van der Waals surface area (Å²) < 4.78 is 4.72. The zero-order chi connectivity index (χ0) is 15.4. The Bertz CT molecular complexity index is 504. The molecule has 1 heterocycles. The van der Waals surface area contributed by atoms with E-state index in [0.29, 0.717) is 13.0 Å². The third kappa shape index (κ3) is 3.23. The molecule has 1 amide bonds. The highest BCUT2D eigenvalue weighted by atomic mass is 16.5. The number of hydrogen-bond acceptors (Lipinski definition) is 4. The number of rotatable bonds is 6. The highest BCUT2D eigenvalue weighted by Crippen LogP contribution is 2.42. The molecule has 1 saturated carbocycles. The molecular formula is C16H22N2O3. The summed E-state index contributed by atoms with van der Waals surface area (Å²) in [6.45, 7) is 4.66. The molecule has 1 fully saturated rings. The van der Waals surface area contributed by atoms with Gasteiger partial charge in [-0.2, -0.15) is 0 Å². The molecule has 1 aromatic rings. The molecule has 2 rings (SSSR count). The van der Waals surface area contributed by atoms with Crippen molar-refractivity contribution in [3.05, 3.63) is 30.1 Å². The molecule has 0 radical (unpaired) electrons. The molecule has 0 unspecified atom stereocenters. The number of carbonyl (C=O) groups is 2. The molecule has 5 heteroatoms. The van der Waals surface area contributed by atoms with Crippen molar-refractivity contribution >= 4 is 11.9 Å². The summed E-state index contributed by atoms with van der Waals surface area (Å²) in [4.78, 5) is 30.0. The fraction of sp³-hybridized carbons (Fsp3) is 0.562. The number of hydrogen-bond donors (Lipinski definition) is 0. The Balaban J connectivity index is 2.12. The van der Waals surface area contributed by atoms with Crippen LogP contribution in [0.4, 0.5) is 0 Å². The number of aromatic nitrogens is 1. The summed E-state index contributed by atoms with van der Waals surface area (Å²) in [5, 5.41) is 0. The normalized spacial score (nSPS) is 21.5. The van der Waals surface area contributed by atoms with Crippen molar-refractivity contribution in [2.24, 2.45) is 11.8 Å². The Morgan fingerprint density at radius 2 is 2.00 bits per heavy atom. The average molecular weight is 290 g/mol. The Morgan fingerprint density at radius 3 is 2.52 bits per heavy atom. The molecule has 0 aliphatic heterocycles. The summed E-state index contributed by atoms with van der Waals surface area (Å²) in [5.41, 5.74) is 1.08. The van der Waals surface area contributed by atoms with E-state index in [1.807, 2.05) is 24.0 Å². The van der Waals surface area contributed by atoms with Crippen molar-refractivity contribution in [2.75, 3.05) is 13.7 Å². The van der Waals surface area contributed by atoms with E-state index in [9.17, 15) is 9.59 Å². The molecule has 5 nitrogen and oxygen atoms in total. The standard InChI is InChI=1S/C16H22N2O3/c1-4-14(11-6-8-17-9-7-11)18(5-2)15(19)12-10-13(12)16(20)21-3/h6-9,12-14H,4-5,10H2,1-3H3/t12-,13+,14+/m0/s1. The van der Waals surface area contributed by atoms with Crippen LogP contribution in [0, 0.1) is 11.8 Å². The Morgan fingerprint density at radius 1 is 1.33 bits per heavy atom. The number of pyridine rings is 1. The van der Waals surface area contributed by atoms with E-state index in [0.717, 1.165) is 12.0 Å². The Kier molecular flexibility index (Phi) is 4.94. The van der Waals surface area contributed by atoms with Gasteiger partial charge in [0.25, 0.3) is 0 Å². The van der Waals surface area contributed by atoms with Gasteiger partial charge < -0.3 is 9.64 Å². The molecule has 3 atom stereocenters. The first-order chi connectivity index (χ1) is 10.1. The Hall–Kier alpha value is -1.91. The van der Waals surface area contributed by atoms with Crippen molar-refractivity contribution in [3.8, 4) is 0 Å². The summed E-state index contributed by atoms with van der Waals surface area (Å²) >= 11 is 0. The Labute approximate surface area is 125 Å². The predicted molar refractivity (Wildman–Crippen MR) is 78.3 cm³/mol. The zero-order valence-electron chi connectivity index (χ0n) is 12.8. The molecule has 0 bridgehead atoms. The van der Waals surface area contributed by atoms with Gasteiger partial charge in [-0.1, -0.05) is 6.92 Å². The van der Waals surface area contributed by atoms with Crippen LogP contribution in [-0.4, -0.2) is 35.4 Å². The fourth-order valence-electron chi connectivity index (χ4n) is 2.84. The third-order valence-corrected chi connectivity index (χ3v) is 4.09. The first kappa shape index (κ1) is 15.5. The van der Waals surface area contributed by atoms with E-state index in [-0.39, 0.29) is 29.8 Å². The van der Waals surface area contributed by atoms with Gasteiger partial charge in [-0.3, -0.25) is 14.6 Å². The first-order valence-electron chi connectivity index (χ1n) is 7.42. The number of ether oxygens (including phenoxy) is 1. The van der Waals surface area contributed by atoms with Crippen molar-refractivity contribution in [3.63, 3.8) is 0 Å². The van der Waals surface area contributed by atoms with Crippen LogP contribution in [-0.2, 0) is 14.3 Å². The smallest absolute Gasteiger partial charge is 0.309 e.